The molecule has 0 spiro atoms. The summed E-state index contributed by atoms with van der Waals surface area (Å²) in [6.07, 6.45) is 0.727. The Bertz CT molecular complexity index is 361. The zero-order valence-corrected chi connectivity index (χ0v) is 9.59. The van der Waals surface area contributed by atoms with Crippen LogP contribution < -0.4 is 4.74 Å². The second kappa shape index (κ2) is 4.46. The van der Waals surface area contributed by atoms with E-state index in [1.165, 1.54) is 13.2 Å². The summed E-state index contributed by atoms with van der Waals surface area (Å²) in [5.41, 5.74) is 1.08. The maximum atomic E-state index is 10.9. The molecular formula is C10H11BrO3. The molecular weight excluding hydrogens is 248 g/mol. The number of carboxylic acids is 1. The molecule has 14 heavy (non-hydrogen) atoms. The molecule has 76 valence electrons. The van der Waals surface area contributed by atoms with Gasteiger partial charge in [-0.05, 0) is 18.6 Å². The van der Waals surface area contributed by atoms with Crippen LogP contribution in [0.3, 0.4) is 0 Å². The van der Waals surface area contributed by atoms with Crippen LogP contribution in [0.25, 0.3) is 0 Å². The molecule has 1 N–H and O–H groups in total. The first kappa shape index (κ1) is 11.0. The van der Waals surface area contributed by atoms with Crippen molar-refractivity contribution in [3.05, 3.63) is 27.7 Å². The molecule has 3 nitrogen and oxygen atoms in total. The summed E-state index contributed by atoms with van der Waals surface area (Å²) in [7, 11) is 1.48. The van der Waals surface area contributed by atoms with Crippen molar-refractivity contribution in [1.29, 1.82) is 0 Å². The SMILES string of the molecule is CCc1c(Br)ccc(C(=O)O)c1OC. The first-order chi connectivity index (χ1) is 6.61. The molecule has 0 unspecified atom stereocenters. The molecule has 0 radical (unpaired) electrons. The van der Waals surface area contributed by atoms with Crippen LogP contribution in [0.5, 0.6) is 5.75 Å². The average molecular weight is 259 g/mol. The third-order valence-electron chi connectivity index (χ3n) is 1.99. The summed E-state index contributed by atoms with van der Waals surface area (Å²) < 4.78 is 5.98. The first-order valence-corrected chi connectivity index (χ1v) is 4.99. The minimum atomic E-state index is -0.968. The largest absolute Gasteiger partial charge is 0.496 e. The van der Waals surface area contributed by atoms with Crippen LogP contribution in [0, 0.1) is 0 Å². The standard InChI is InChI=1S/C10H11BrO3/c1-3-6-8(11)5-4-7(10(12)13)9(6)14-2/h4-5H,3H2,1-2H3,(H,12,13). The van der Waals surface area contributed by atoms with Crippen LogP contribution in [-0.2, 0) is 6.42 Å². The topological polar surface area (TPSA) is 46.5 Å². The number of aromatic carboxylic acids is 1. The Morgan fingerprint density at radius 2 is 2.21 bits per heavy atom. The molecule has 1 rings (SSSR count). The van der Waals surface area contributed by atoms with E-state index in [1.54, 1.807) is 6.07 Å². The molecule has 0 amide bonds. The van der Waals surface area contributed by atoms with Crippen molar-refractivity contribution in [2.24, 2.45) is 0 Å². The number of hydrogen-bond acceptors (Lipinski definition) is 2. The minimum absolute atomic E-state index is 0.201. The molecule has 1 aromatic carbocycles. The highest BCUT2D eigenvalue weighted by Gasteiger charge is 2.15. The molecule has 0 bridgehead atoms. The van der Waals surface area contributed by atoms with Gasteiger partial charge in [0, 0.05) is 10.0 Å². The molecule has 1 aromatic rings. The normalized spacial score (nSPS) is 9.93. The summed E-state index contributed by atoms with van der Waals surface area (Å²) in [6.45, 7) is 1.95. The number of rotatable bonds is 3. The van der Waals surface area contributed by atoms with Gasteiger partial charge in [0.1, 0.15) is 11.3 Å². The van der Waals surface area contributed by atoms with E-state index in [-0.39, 0.29) is 5.56 Å². The van der Waals surface area contributed by atoms with Gasteiger partial charge in [-0.25, -0.2) is 4.79 Å². The zero-order chi connectivity index (χ0) is 10.7. The van der Waals surface area contributed by atoms with Crippen LogP contribution in [0.1, 0.15) is 22.8 Å². The number of benzene rings is 1. The van der Waals surface area contributed by atoms with Gasteiger partial charge in [0.15, 0.2) is 0 Å². The van der Waals surface area contributed by atoms with Crippen molar-refractivity contribution >= 4 is 21.9 Å². The Kier molecular flexibility index (Phi) is 3.52. The van der Waals surface area contributed by atoms with E-state index in [0.29, 0.717) is 5.75 Å². The second-order valence-corrected chi connectivity index (χ2v) is 3.62. The van der Waals surface area contributed by atoms with Crippen molar-refractivity contribution in [3.8, 4) is 5.75 Å². The predicted octanol–water partition coefficient (Wildman–Crippen LogP) is 2.72. The van der Waals surface area contributed by atoms with E-state index >= 15 is 0 Å². The molecule has 0 heterocycles. The van der Waals surface area contributed by atoms with Gasteiger partial charge in [0.25, 0.3) is 0 Å². The Morgan fingerprint density at radius 1 is 1.57 bits per heavy atom. The number of carbonyl (C=O) groups is 1. The fourth-order valence-electron chi connectivity index (χ4n) is 1.33. The molecule has 0 aliphatic carbocycles. The third kappa shape index (κ3) is 1.90. The van der Waals surface area contributed by atoms with Crippen molar-refractivity contribution in [2.75, 3.05) is 7.11 Å². The fraction of sp³-hybridized carbons (Fsp3) is 0.300. The van der Waals surface area contributed by atoms with Crippen LogP contribution in [0.2, 0.25) is 0 Å². The van der Waals surface area contributed by atoms with Gasteiger partial charge in [-0.15, -0.1) is 0 Å². The molecule has 0 atom stereocenters. The van der Waals surface area contributed by atoms with Gasteiger partial charge >= 0.3 is 5.97 Å². The van der Waals surface area contributed by atoms with E-state index < -0.39 is 5.97 Å². The molecule has 0 aliphatic heterocycles. The van der Waals surface area contributed by atoms with Gasteiger partial charge in [-0.3, -0.25) is 0 Å². The smallest absolute Gasteiger partial charge is 0.339 e. The minimum Gasteiger partial charge on any atom is -0.496 e. The van der Waals surface area contributed by atoms with E-state index in [1.807, 2.05) is 6.92 Å². The molecule has 0 aliphatic rings. The lowest BCUT2D eigenvalue weighted by atomic mass is 10.1. The van der Waals surface area contributed by atoms with Gasteiger partial charge < -0.3 is 9.84 Å². The lowest BCUT2D eigenvalue weighted by Gasteiger charge is -2.11. The van der Waals surface area contributed by atoms with Gasteiger partial charge in [0.05, 0.1) is 7.11 Å². The molecule has 4 heteroatoms. The average Bonchev–Trinajstić information content (AvgIpc) is 2.16. The monoisotopic (exact) mass is 258 g/mol. The lowest BCUT2D eigenvalue weighted by Crippen LogP contribution is -2.03. The predicted molar refractivity (Wildman–Crippen MR) is 57.0 cm³/mol. The number of hydrogen-bond donors (Lipinski definition) is 1. The van der Waals surface area contributed by atoms with Gasteiger partial charge in [-0.1, -0.05) is 22.9 Å². The Balaban J connectivity index is 3.40. The maximum absolute atomic E-state index is 10.9. The van der Waals surface area contributed by atoms with Crippen molar-refractivity contribution in [2.45, 2.75) is 13.3 Å². The van der Waals surface area contributed by atoms with Crippen LogP contribution in [-0.4, -0.2) is 18.2 Å². The second-order valence-electron chi connectivity index (χ2n) is 2.77. The first-order valence-electron chi connectivity index (χ1n) is 4.20. The zero-order valence-electron chi connectivity index (χ0n) is 8.00. The van der Waals surface area contributed by atoms with Gasteiger partial charge in [0.2, 0.25) is 0 Å². The Morgan fingerprint density at radius 3 is 2.64 bits per heavy atom. The summed E-state index contributed by atoms with van der Waals surface area (Å²) in [5, 5.41) is 8.91. The summed E-state index contributed by atoms with van der Waals surface area (Å²) in [4.78, 5) is 10.9. The van der Waals surface area contributed by atoms with E-state index in [4.69, 9.17) is 9.84 Å². The summed E-state index contributed by atoms with van der Waals surface area (Å²) in [6, 6.07) is 3.26. The Hall–Kier alpha value is -1.03. The number of methoxy groups -OCH3 is 1. The summed E-state index contributed by atoms with van der Waals surface area (Å²) in [5.74, 6) is -0.529. The van der Waals surface area contributed by atoms with E-state index in [9.17, 15) is 4.79 Å². The van der Waals surface area contributed by atoms with Crippen LogP contribution in [0.15, 0.2) is 16.6 Å². The third-order valence-corrected chi connectivity index (χ3v) is 2.73. The summed E-state index contributed by atoms with van der Waals surface area (Å²) >= 11 is 3.36. The molecule has 0 saturated carbocycles. The lowest BCUT2D eigenvalue weighted by molar-refractivity contribution is 0.0693. The van der Waals surface area contributed by atoms with Crippen LogP contribution in [0.4, 0.5) is 0 Å². The maximum Gasteiger partial charge on any atom is 0.339 e. The number of carboxylic acid groups (broad SMARTS) is 1. The van der Waals surface area contributed by atoms with Gasteiger partial charge in [-0.2, -0.15) is 0 Å². The fourth-order valence-corrected chi connectivity index (χ4v) is 1.93. The Labute approximate surface area is 90.8 Å². The molecule has 0 fully saturated rings. The number of halogens is 1. The van der Waals surface area contributed by atoms with Crippen molar-refractivity contribution in [1.82, 2.24) is 0 Å². The highest BCUT2D eigenvalue weighted by molar-refractivity contribution is 9.10. The molecule has 0 saturated heterocycles. The molecule has 0 aromatic heterocycles. The highest BCUT2D eigenvalue weighted by atomic mass is 79.9. The van der Waals surface area contributed by atoms with E-state index in [2.05, 4.69) is 15.9 Å². The van der Waals surface area contributed by atoms with Crippen molar-refractivity contribution < 1.29 is 14.6 Å². The quantitative estimate of drug-likeness (QED) is 0.907. The van der Waals surface area contributed by atoms with E-state index in [0.717, 1.165) is 16.5 Å². The van der Waals surface area contributed by atoms with Crippen molar-refractivity contribution in [3.63, 3.8) is 0 Å². The number of ether oxygens (including phenoxy) is 1. The van der Waals surface area contributed by atoms with Crippen LogP contribution >= 0.6 is 15.9 Å². The highest BCUT2D eigenvalue weighted by Crippen LogP contribution is 2.31.